The van der Waals surface area contributed by atoms with Crippen molar-refractivity contribution in [1.82, 2.24) is 9.62 Å². The molecule has 1 aliphatic heterocycles. The third kappa shape index (κ3) is 3.84. The van der Waals surface area contributed by atoms with Crippen molar-refractivity contribution >= 4 is 26.0 Å². The van der Waals surface area contributed by atoms with E-state index in [1.165, 1.54) is 4.31 Å². The van der Waals surface area contributed by atoms with E-state index in [4.69, 9.17) is 4.74 Å². The Labute approximate surface area is 134 Å². The van der Waals surface area contributed by atoms with Crippen molar-refractivity contribution in [3.05, 3.63) is 28.2 Å². The highest BCUT2D eigenvalue weighted by molar-refractivity contribution is 9.10. The van der Waals surface area contributed by atoms with Gasteiger partial charge in [0.1, 0.15) is 0 Å². The summed E-state index contributed by atoms with van der Waals surface area (Å²) in [5.41, 5.74) is 0.479. The van der Waals surface area contributed by atoms with Gasteiger partial charge in [-0.3, -0.25) is 0 Å². The molecule has 1 fully saturated rings. The lowest BCUT2D eigenvalue weighted by atomic mass is 10.1. The number of nitrogens with one attached hydrogen (secondary N) is 1. The summed E-state index contributed by atoms with van der Waals surface area (Å²) in [6, 6.07) is 5.41. The highest BCUT2D eigenvalue weighted by atomic mass is 79.9. The number of hydrogen-bond acceptors (Lipinski definition) is 4. The normalized spacial score (nSPS) is 19.6. The van der Waals surface area contributed by atoms with Crippen LogP contribution in [0.15, 0.2) is 27.6 Å². The molecule has 0 atom stereocenters. The lowest BCUT2D eigenvalue weighted by Crippen LogP contribution is -2.50. The summed E-state index contributed by atoms with van der Waals surface area (Å²) in [5, 5.41) is 3.03. The third-order valence-corrected chi connectivity index (χ3v) is 6.22. The molecular weight excluding hydrogens is 356 g/mol. The molecule has 1 N–H and O–H groups in total. The smallest absolute Gasteiger partial charge is 0.244 e. The topological polar surface area (TPSA) is 58.6 Å². The van der Waals surface area contributed by atoms with Crippen LogP contribution in [-0.4, -0.2) is 45.1 Å². The van der Waals surface area contributed by atoms with Gasteiger partial charge >= 0.3 is 0 Å². The molecule has 1 aromatic carbocycles. The molecule has 1 aliphatic rings. The molecule has 21 heavy (non-hydrogen) atoms. The Hall–Kier alpha value is -0.470. The molecule has 0 radical (unpaired) electrons. The van der Waals surface area contributed by atoms with Gasteiger partial charge in [0.25, 0.3) is 0 Å². The van der Waals surface area contributed by atoms with Crippen LogP contribution in [0.4, 0.5) is 0 Å². The quantitative estimate of drug-likeness (QED) is 0.872. The molecule has 118 valence electrons. The Balaban J connectivity index is 2.37. The molecule has 7 heteroatoms. The van der Waals surface area contributed by atoms with Crippen molar-refractivity contribution in [2.75, 3.05) is 26.7 Å². The minimum absolute atomic E-state index is 0.313. The maximum atomic E-state index is 12.9. The zero-order valence-electron chi connectivity index (χ0n) is 12.5. The van der Waals surface area contributed by atoms with Crippen molar-refractivity contribution in [2.45, 2.75) is 30.9 Å². The zero-order valence-corrected chi connectivity index (χ0v) is 14.9. The van der Waals surface area contributed by atoms with Crippen LogP contribution >= 0.6 is 15.9 Å². The minimum Gasteiger partial charge on any atom is -0.373 e. The van der Waals surface area contributed by atoms with Crippen molar-refractivity contribution in [2.24, 2.45) is 0 Å². The maximum absolute atomic E-state index is 12.9. The second kappa shape index (κ2) is 6.34. The minimum atomic E-state index is -3.53. The van der Waals surface area contributed by atoms with Gasteiger partial charge in [-0.05, 0) is 54.5 Å². The SMILES string of the molecule is CNCc1ccc(Br)c(S(=O)(=O)N2CCOC(C)(C)C2)c1. The molecule has 0 bridgehead atoms. The number of hydrogen-bond donors (Lipinski definition) is 1. The first-order chi connectivity index (χ1) is 9.76. The summed E-state index contributed by atoms with van der Waals surface area (Å²) in [6.45, 7) is 5.60. The Morgan fingerprint density at radius 3 is 2.76 bits per heavy atom. The first-order valence-corrected chi connectivity index (χ1v) is 9.07. The molecule has 0 saturated carbocycles. The van der Waals surface area contributed by atoms with E-state index >= 15 is 0 Å². The maximum Gasteiger partial charge on any atom is 0.244 e. The van der Waals surface area contributed by atoms with Crippen LogP contribution in [0.25, 0.3) is 0 Å². The van der Waals surface area contributed by atoms with Gasteiger partial charge in [-0.1, -0.05) is 6.07 Å². The van der Waals surface area contributed by atoms with E-state index in [-0.39, 0.29) is 0 Å². The van der Waals surface area contributed by atoms with Gasteiger partial charge < -0.3 is 10.1 Å². The van der Waals surface area contributed by atoms with Gasteiger partial charge in [0.2, 0.25) is 10.0 Å². The average Bonchev–Trinajstić information content (AvgIpc) is 2.40. The number of rotatable bonds is 4. The van der Waals surface area contributed by atoms with Crippen LogP contribution in [0.1, 0.15) is 19.4 Å². The Morgan fingerprint density at radius 2 is 2.14 bits per heavy atom. The standard InChI is InChI=1S/C14H21BrN2O3S/c1-14(2)10-17(6-7-20-14)21(18,19)13-8-11(9-16-3)4-5-12(13)15/h4-5,8,16H,6-7,9-10H2,1-3H3. The van der Waals surface area contributed by atoms with Crippen molar-refractivity contribution in [3.63, 3.8) is 0 Å². The predicted octanol–water partition coefficient (Wildman–Crippen LogP) is 1.97. The van der Waals surface area contributed by atoms with Gasteiger partial charge in [-0.15, -0.1) is 0 Å². The van der Waals surface area contributed by atoms with Gasteiger partial charge in [0.15, 0.2) is 0 Å². The predicted molar refractivity (Wildman–Crippen MR) is 85.7 cm³/mol. The lowest BCUT2D eigenvalue weighted by molar-refractivity contribution is -0.0640. The average molecular weight is 377 g/mol. The summed E-state index contributed by atoms with van der Waals surface area (Å²) >= 11 is 3.36. The van der Waals surface area contributed by atoms with Crippen molar-refractivity contribution in [1.29, 1.82) is 0 Å². The molecular formula is C14H21BrN2O3S. The number of morpholine rings is 1. The second-order valence-corrected chi connectivity index (χ2v) is 8.50. The fraction of sp³-hybridized carbons (Fsp3) is 0.571. The highest BCUT2D eigenvalue weighted by Gasteiger charge is 2.35. The molecule has 0 aliphatic carbocycles. The van der Waals surface area contributed by atoms with Crippen LogP contribution in [0, 0.1) is 0 Å². The van der Waals surface area contributed by atoms with Crippen LogP contribution in [0.2, 0.25) is 0 Å². The fourth-order valence-electron chi connectivity index (χ4n) is 2.38. The van der Waals surface area contributed by atoms with Crippen LogP contribution in [-0.2, 0) is 21.3 Å². The van der Waals surface area contributed by atoms with E-state index in [2.05, 4.69) is 21.2 Å². The number of nitrogens with zero attached hydrogens (tertiary/aromatic N) is 1. The Kier molecular flexibility index (Phi) is 5.10. The number of sulfonamides is 1. The van der Waals surface area contributed by atoms with Gasteiger partial charge in [0, 0.05) is 24.1 Å². The van der Waals surface area contributed by atoms with Crippen molar-refractivity contribution < 1.29 is 13.2 Å². The largest absolute Gasteiger partial charge is 0.373 e. The second-order valence-electron chi connectivity index (χ2n) is 5.74. The number of halogens is 1. The summed E-state index contributed by atoms with van der Waals surface area (Å²) in [7, 11) is -1.69. The highest BCUT2D eigenvalue weighted by Crippen LogP contribution is 2.29. The lowest BCUT2D eigenvalue weighted by Gasteiger charge is -2.37. The molecule has 0 unspecified atom stereocenters. The fourth-order valence-corrected chi connectivity index (χ4v) is 4.93. The van der Waals surface area contributed by atoms with E-state index in [0.29, 0.717) is 35.6 Å². The summed E-state index contributed by atoms with van der Waals surface area (Å²) < 4.78 is 33.4. The third-order valence-electron chi connectivity index (χ3n) is 3.38. The monoisotopic (exact) mass is 376 g/mol. The van der Waals surface area contributed by atoms with Crippen LogP contribution < -0.4 is 5.32 Å². The van der Waals surface area contributed by atoms with Crippen LogP contribution in [0.5, 0.6) is 0 Å². The molecule has 0 aromatic heterocycles. The summed E-state index contributed by atoms with van der Waals surface area (Å²) in [6.07, 6.45) is 0. The molecule has 2 rings (SSSR count). The molecule has 0 amide bonds. The molecule has 0 spiro atoms. The first-order valence-electron chi connectivity index (χ1n) is 6.83. The van der Waals surface area contributed by atoms with E-state index in [0.717, 1.165) is 5.56 Å². The van der Waals surface area contributed by atoms with Gasteiger partial charge in [-0.2, -0.15) is 4.31 Å². The molecule has 1 saturated heterocycles. The van der Waals surface area contributed by atoms with E-state index in [9.17, 15) is 8.42 Å². The van der Waals surface area contributed by atoms with Gasteiger partial charge in [-0.25, -0.2) is 8.42 Å². The van der Waals surface area contributed by atoms with Crippen molar-refractivity contribution in [3.8, 4) is 0 Å². The number of ether oxygens (including phenoxy) is 1. The Bertz CT molecular complexity index is 617. The first kappa shape index (κ1) is 16.9. The van der Waals surface area contributed by atoms with Crippen LogP contribution in [0.3, 0.4) is 0 Å². The molecule has 5 nitrogen and oxygen atoms in total. The summed E-state index contributed by atoms with van der Waals surface area (Å²) in [4.78, 5) is 0.313. The van der Waals surface area contributed by atoms with E-state index < -0.39 is 15.6 Å². The van der Waals surface area contributed by atoms with E-state index in [1.807, 2.05) is 27.0 Å². The van der Waals surface area contributed by atoms with Gasteiger partial charge in [0.05, 0.1) is 17.1 Å². The molecule has 1 heterocycles. The summed E-state index contributed by atoms with van der Waals surface area (Å²) in [5.74, 6) is 0. The Morgan fingerprint density at radius 1 is 1.43 bits per heavy atom. The molecule has 1 aromatic rings. The zero-order chi connectivity index (χ0) is 15.7. The number of benzene rings is 1. The van der Waals surface area contributed by atoms with E-state index in [1.54, 1.807) is 12.1 Å².